The standard InChI is InChI=1S/C18H17FN2O3S/c1-2-22-15-9-5-3-7-13(15)17-20-21-18(24-17)25-12-11-23-16-10-6-4-8-14(16)19/h3-10H,2,11-12H2,1H3. The third-order valence-electron chi connectivity index (χ3n) is 3.23. The normalized spacial score (nSPS) is 10.6. The molecule has 0 spiro atoms. The number of hydrogen-bond acceptors (Lipinski definition) is 6. The first-order valence-electron chi connectivity index (χ1n) is 7.83. The Kier molecular flexibility index (Phi) is 5.90. The van der Waals surface area contributed by atoms with Crippen molar-refractivity contribution in [3.05, 3.63) is 54.3 Å². The highest BCUT2D eigenvalue weighted by Gasteiger charge is 2.13. The number of thioether (sulfide) groups is 1. The minimum atomic E-state index is -0.375. The minimum absolute atomic E-state index is 0.236. The third kappa shape index (κ3) is 4.51. The highest BCUT2D eigenvalue weighted by atomic mass is 32.2. The van der Waals surface area contributed by atoms with Crippen molar-refractivity contribution in [1.29, 1.82) is 0 Å². The van der Waals surface area contributed by atoms with E-state index in [1.165, 1.54) is 17.8 Å². The van der Waals surface area contributed by atoms with E-state index in [2.05, 4.69) is 10.2 Å². The van der Waals surface area contributed by atoms with Gasteiger partial charge in [-0.2, -0.15) is 0 Å². The zero-order chi connectivity index (χ0) is 17.5. The molecule has 0 fully saturated rings. The predicted molar refractivity (Wildman–Crippen MR) is 93.5 cm³/mol. The molecule has 130 valence electrons. The van der Waals surface area contributed by atoms with E-state index in [0.717, 1.165) is 5.56 Å². The molecule has 2 aromatic carbocycles. The summed E-state index contributed by atoms with van der Waals surface area (Å²) in [7, 11) is 0. The van der Waals surface area contributed by atoms with Gasteiger partial charge in [-0.05, 0) is 31.2 Å². The predicted octanol–water partition coefficient (Wildman–Crippen LogP) is 4.45. The van der Waals surface area contributed by atoms with Gasteiger partial charge in [-0.15, -0.1) is 10.2 Å². The molecule has 5 nitrogen and oxygen atoms in total. The summed E-state index contributed by atoms with van der Waals surface area (Å²) in [6.07, 6.45) is 0. The number of para-hydroxylation sites is 2. The summed E-state index contributed by atoms with van der Waals surface area (Å²) < 4.78 is 30.1. The Morgan fingerprint density at radius 3 is 2.56 bits per heavy atom. The molecule has 0 aliphatic rings. The number of ether oxygens (including phenoxy) is 2. The van der Waals surface area contributed by atoms with Crippen LogP contribution in [0.1, 0.15) is 6.92 Å². The van der Waals surface area contributed by atoms with Gasteiger partial charge in [0.25, 0.3) is 11.1 Å². The molecule has 0 saturated heterocycles. The molecule has 0 aliphatic carbocycles. The van der Waals surface area contributed by atoms with Gasteiger partial charge in [-0.1, -0.05) is 36.0 Å². The summed E-state index contributed by atoms with van der Waals surface area (Å²) in [5.74, 6) is 1.53. The average molecular weight is 360 g/mol. The van der Waals surface area contributed by atoms with Gasteiger partial charge in [-0.3, -0.25) is 0 Å². The van der Waals surface area contributed by atoms with Crippen molar-refractivity contribution >= 4 is 11.8 Å². The van der Waals surface area contributed by atoms with E-state index in [9.17, 15) is 4.39 Å². The second kappa shape index (κ2) is 8.53. The van der Waals surface area contributed by atoms with Crippen LogP contribution in [0.5, 0.6) is 11.5 Å². The van der Waals surface area contributed by atoms with Crippen LogP contribution < -0.4 is 9.47 Å². The molecule has 25 heavy (non-hydrogen) atoms. The second-order valence-electron chi connectivity index (χ2n) is 4.93. The molecule has 0 atom stereocenters. The number of hydrogen-bond donors (Lipinski definition) is 0. The summed E-state index contributed by atoms with van der Waals surface area (Å²) in [5.41, 5.74) is 0.756. The van der Waals surface area contributed by atoms with Crippen LogP contribution in [0.25, 0.3) is 11.5 Å². The van der Waals surface area contributed by atoms with Gasteiger partial charge < -0.3 is 13.9 Å². The summed E-state index contributed by atoms with van der Waals surface area (Å²) in [5, 5.41) is 8.51. The van der Waals surface area contributed by atoms with Crippen molar-refractivity contribution in [1.82, 2.24) is 10.2 Å². The number of halogens is 1. The molecule has 3 rings (SSSR count). The van der Waals surface area contributed by atoms with Gasteiger partial charge in [0.15, 0.2) is 11.6 Å². The quantitative estimate of drug-likeness (QED) is 0.437. The monoisotopic (exact) mass is 360 g/mol. The molecule has 1 heterocycles. The molecule has 0 unspecified atom stereocenters. The molecular formula is C18H17FN2O3S. The fourth-order valence-corrected chi connectivity index (χ4v) is 2.72. The van der Waals surface area contributed by atoms with Crippen molar-refractivity contribution in [2.45, 2.75) is 12.1 Å². The van der Waals surface area contributed by atoms with E-state index in [0.29, 0.717) is 35.8 Å². The lowest BCUT2D eigenvalue weighted by Gasteiger charge is -2.06. The summed E-state index contributed by atoms with van der Waals surface area (Å²) >= 11 is 1.35. The number of nitrogens with zero attached hydrogens (tertiary/aromatic N) is 2. The van der Waals surface area contributed by atoms with Gasteiger partial charge in [0, 0.05) is 5.75 Å². The molecule has 0 radical (unpaired) electrons. The molecule has 0 aliphatic heterocycles. The van der Waals surface area contributed by atoms with Crippen molar-refractivity contribution in [3.63, 3.8) is 0 Å². The maximum Gasteiger partial charge on any atom is 0.276 e. The first kappa shape index (κ1) is 17.3. The first-order chi connectivity index (χ1) is 12.3. The SMILES string of the molecule is CCOc1ccccc1-c1nnc(SCCOc2ccccc2F)o1. The van der Waals surface area contributed by atoms with E-state index in [4.69, 9.17) is 13.9 Å². The first-order valence-corrected chi connectivity index (χ1v) is 8.82. The average Bonchev–Trinajstić information content (AvgIpc) is 3.10. The lowest BCUT2D eigenvalue weighted by Crippen LogP contribution is -2.01. The topological polar surface area (TPSA) is 57.4 Å². The van der Waals surface area contributed by atoms with E-state index < -0.39 is 0 Å². The van der Waals surface area contributed by atoms with E-state index in [1.54, 1.807) is 18.2 Å². The molecule has 0 saturated carbocycles. The summed E-state index contributed by atoms with van der Waals surface area (Å²) in [6, 6.07) is 13.8. The van der Waals surface area contributed by atoms with Crippen LogP contribution >= 0.6 is 11.8 Å². The van der Waals surface area contributed by atoms with Gasteiger partial charge in [0.2, 0.25) is 0 Å². The van der Waals surface area contributed by atoms with Crippen LogP contribution in [0, 0.1) is 5.82 Å². The highest BCUT2D eigenvalue weighted by Crippen LogP contribution is 2.30. The minimum Gasteiger partial charge on any atom is -0.493 e. The lowest BCUT2D eigenvalue weighted by molar-refractivity contribution is 0.324. The van der Waals surface area contributed by atoms with Crippen LogP contribution in [0.2, 0.25) is 0 Å². The fraction of sp³-hybridized carbons (Fsp3) is 0.222. The number of benzene rings is 2. The maximum absolute atomic E-state index is 13.4. The molecule has 1 aromatic heterocycles. The van der Waals surface area contributed by atoms with E-state index in [-0.39, 0.29) is 11.6 Å². The molecule has 0 amide bonds. The Morgan fingerprint density at radius 1 is 1.00 bits per heavy atom. The van der Waals surface area contributed by atoms with Crippen molar-refractivity contribution < 1.29 is 18.3 Å². The van der Waals surface area contributed by atoms with Gasteiger partial charge in [0.05, 0.1) is 18.8 Å². The Morgan fingerprint density at radius 2 is 1.76 bits per heavy atom. The zero-order valence-electron chi connectivity index (χ0n) is 13.6. The zero-order valence-corrected chi connectivity index (χ0v) is 14.5. The maximum atomic E-state index is 13.4. The lowest BCUT2D eigenvalue weighted by atomic mass is 10.2. The van der Waals surface area contributed by atoms with Gasteiger partial charge in [0.1, 0.15) is 5.75 Å². The third-order valence-corrected chi connectivity index (χ3v) is 4.01. The molecule has 0 bridgehead atoms. The molecule has 7 heteroatoms. The van der Waals surface area contributed by atoms with Crippen LogP contribution in [0.15, 0.2) is 58.2 Å². The second-order valence-corrected chi connectivity index (χ2v) is 5.98. The van der Waals surface area contributed by atoms with Gasteiger partial charge >= 0.3 is 0 Å². The summed E-state index contributed by atoms with van der Waals surface area (Å²) in [6.45, 7) is 2.81. The van der Waals surface area contributed by atoms with E-state index >= 15 is 0 Å². The molecule has 3 aromatic rings. The summed E-state index contributed by atoms with van der Waals surface area (Å²) in [4.78, 5) is 0. The van der Waals surface area contributed by atoms with Crippen molar-refractivity contribution in [2.75, 3.05) is 19.0 Å². The van der Waals surface area contributed by atoms with Crippen LogP contribution in [0.4, 0.5) is 4.39 Å². The Labute approximate surface area is 149 Å². The van der Waals surface area contributed by atoms with Crippen LogP contribution in [-0.2, 0) is 0 Å². The number of aromatic nitrogens is 2. The highest BCUT2D eigenvalue weighted by molar-refractivity contribution is 7.99. The van der Waals surface area contributed by atoms with E-state index in [1.807, 2.05) is 31.2 Å². The Hall–Kier alpha value is -2.54. The largest absolute Gasteiger partial charge is 0.493 e. The van der Waals surface area contributed by atoms with Crippen molar-refractivity contribution in [3.8, 4) is 23.0 Å². The number of rotatable bonds is 8. The fourth-order valence-electron chi connectivity index (χ4n) is 2.14. The molecular weight excluding hydrogens is 343 g/mol. The van der Waals surface area contributed by atoms with Crippen LogP contribution in [0.3, 0.4) is 0 Å². The van der Waals surface area contributed by atoms with Gasteiger partial charge in [-0.25, -0.2) is 4.39 Å². The van der Waals surface area contributed by atoms with Crippen molar-refractivity contribution in [2.24, 2.45) is 0 Å². The smallest absolute Gasteiger partial charge is 0.276 e. The van der Waals surface area contributed by atoms with Crippen LogP contribution in [-0.4, -0.2) is 29.2 Å². The Balaban J connectivity index is 1.56. The Bertz CT molecular complexity index is 825. The molecule has 0 N–H and O–H groups in total.